The number of halogens is 1. The van der Waals surface area contributed by atoms with Gasteiger partial charge in [-0.2, -0.15) is 0 Å². The molecule has 0 fully saturated rings. The summed E-state index contributed by atoms with van der Waals surface area (Å²) >= 11 is 0. The average molecular weight is 420 g/mol. The maximum atomic E-state index is 13.4. The molecule has 0 saturated carbocycles. The van der Waals surface area contributed by atoms with Crippen LogP contribution in [0.3, 0.4) is 0 Å². The molecule has 0 aliphatic carbocycles. The Kier molecular flexibility index (Phi) is 4.89. The Morgan fingerprint density at radius 1 is 1.13 bits per heavy atom. The number of amides is 2. The smallest absolute Gasteiger partial charge is 0.276 e. The van der Waals surface area contributed by atoms with E-state index in [1.54, 1.807) is 30.3 Å². The highest BCUT2D eigenvalue weighted by atomic mass is 19.1. The third-order valence-corrected chi connectivity index (χ3v) is 5.56. The SMILES string of the molecule is O=C1COc2ccc(NC(=O)c3nc(-c4ccc(F)cc4)n4c3CCCCC4)cc2N1. The van der Waals surface area contributed by atoms with E-state index in [1.165, 1.54) is 12.1 Å². The van der Waals surface area contributed by atoms with Crippen molar-refractivity contribution in [1.29, 1.82) is 0 Å². The molecular weight excluding hydrogens is 399 g/mol. The molecule has 2 N–H and O–H groups in total. The van der Waals surface area contributed by atoms with Crippen LogP contribution < -0.4 is 15.4 Å². The van der Waals surface area contributed by atoms with Crippen molar-refractivity contribution in [2.24, 2.45) is 0 Å². The minimum Gasteiger partial charge on any atom is -0.482 e. The number of carbonyl (C=O) groups is 2. The fourth-order valence-electron chi connectivity index (χ4n) is 4.07. The van der Waals surface area contributed by atoms with E-state index in [1.807, 2.05) is 0 Å². The van der Waals surface area contributed by atoms with Gasteiger partial charge in [0.25, 0.3) is 11.8 Å². The second-order valence-corrected chi connectivity index (χ2v) is 7.70. The maximum absolute atomic E-state index is 13.4. The molecule has 2 aliphatic heterocycles. The van der Waals surface area contributed by atoms with E-state index < -0.39 is 0 Å². The van der Waals surface area contributed by atoms with E-state index in [-0.39, 0.29) is 24.2 Å². The van der Waals surface area contributed by atoms with Crippen LogP contribution in [0, 0.1) is 5.82 Å². The van der Waals surface area contributed by atoms with E-state index in [0.29, 0.717) is 28.6 Å². The first kappa shape index (κ1) is 19.3. The number of nitrogens with zero attached hydrogens (tertiary/aromatic N) is 2. The molecule has 31 heavy (non-hydrogen) atoms. The van der Waals surface area contributed by atoms with Crippen molar-refractivity contribution in [3.63, 3.8) is 0 Å². The average Bonchev–Trinajstić information content (AvgIpc) is 2.95. The van der Waals surface area contributed by atoms with Crippen molar-refractivity contribution in [2.45, 2.75) is 32.2 Å². The second kappa shape index (κ2) is 7.86. The summed E-state index contributed by atoms with van der Waals surface area (Å²) in [6.07, 6.45) is 3.82. The number of imidazole rings is 1. The van der Waals surface area contributed by atoms with Crippen molar-refractivity contribution in [2.75, 3.05) is 17.2 Å². The fourth-order valence-corrected chi connectivity index (χ4v) is 4.07. The van der Waals surface area contributed by atoms with Gasteiger partial charge in [0.1, 0.15) is 23.1 Å². The molecule has 2 aromatic carbocycles. The highest BCUT2D eigenvalue weighted by Crippen LogP contribution is 2.32. The summed E-state index contributed by atoms with van der Waals surface area (Å²) < 4.78 is 20.8. The number of benzene rings is 2. The summed E-state index contributed by atoms with van der Waals surface area (Å²) in [5.41, 5.74) is 3.10. The highest BCUT2D eigenvalue weighted by molar-refractivity contribution is 6.05. The van der Waals surface area contributed by atoms with E-state index >= 15 is 0 Å². The second-order valence-electron chi connectivity index (χ2n) is 7.70. The summed E-state index contributed by atoms with van der Waals surface area (Å²) in [5.74, 6) is 0.370. The molecule has 0 saturated heterocycles. The Balaban J connectivity index is 1.48. The van der Waals surface area contributed by atoms with Gasteiger partial charge in [0.2, 0.25) is 0 Å². The number of anilines is 2. The first-order valence-corrected chi connectivity index (χ1v) is 10.3. The van der Waals surface area contributed by atoms with Crippen LogP contribution in [-0.2, 0) is 17.8 Å². The number of hydrogen-bond donors (Lipinski definition) is 2. The van der Waals surface area contributed by atoms with Crippen molar-refractivity contribution >= 4 is 23.2 Å². The van der Waals surface area contributed by atoms with Crippen molar-refractivity contribution in [1.82, 2.24) is 9.55 Å². The van der Waals surface area contributed by atoms with E-state index in [0.717, 1.165) is 43.5 Å². The minimum absolute atomic E-state index is 0.0222. The van der Waals surface area contributed by atoms with Crippen LogP contribution in [-0.4, -0.2) is 28.0 Å². The maximum Gasteiger partial charge on any atom is 0.276 e. The fraction of sp³-hybridized carbons (Fsp3) is 0.261. The Morgan fingerprint density at radius 2 is 1.97 bits per heavy atom. The molecule has 158 valence electrons. The van der Waals surface area contributed by atoms with Gasteiger partial charge in [-0.05, 0) is 61.7 Å². The first-order valence-electron chi connectivity index (χ1n) is 10.3. The molecule has 0 unspecified atom stereocenters. The third-order valence-electron chi connectivity index (χ3n) is 5.56. The van der Waals surface area contributed by atoms with Crippen LogP contribution in [0.1, 0.15) is 35.4 Å². The lowest BCUT2D eigenvalue weighted by molar-refractivity contribution is -0.118. The molecule has 2 aliphatic rings. The number of ether oxygens (including phenoxy) is 1. The van der Waals surface area contributed by atoms with Gasteiger partial charge in [-0.3, -0.25) is 9.59 Å². The van der Waals surface area contributed by atoms with E-state index in [4.69, 9.17) is 4.74 Å². The standard InChI is InChI=1S/C23H21FN4O3/c24-15-7-5-14(6-8-15)22-27-21(18-4-2-1-3-11-28(18)22)23(30)25-16-9-10-19-17(12-16)26-20(29)13-31-19/h5-10,12H,1-4,11,13H2,(H,25,30)(H,26,29). The highest BCUT2D eigenvalue weighted by Gasteiger charge is 2.25. The van der Waals surface area contributed by atoms with Gasteiger partial charge in [0, 0.05) is 17.8 Å². The first-order chi connectivity index (χ1) is 15.1. The Bertz CT molecular complexity index is 1170. The number of nitrogens with one attached hydrogen (secondary N) is 2. The Hall–Kier alpha value is -3.68. The lowest BCUT2D eigenvalue weighted by Gasteiger charge is -2.18. The zero-order valence-corrected chi connectivity index (χ0v) is 16.8. The van der Waals surface area contributed by atoms with Gasteiger partial charge in [0.15, 0.2) is 6.61 Å². The largest absolute Gasteiger partial charge is 0.482 e. The molecule has 0 radical (unpaired) electrons. The third kappa shape index (κ3) is 3.76. The molecule has 0 atom stereocenters. The van der Waals surface area contributed by atoms with E-state index in [9.17, 15) is 14.0 Å². The lowest BCUT2D eigenvalue weighted by Crippen LogP contribution is -2.25. The molecule has 8 heteroatoms. The van der Waals surface area contributed by atoms with Gasteiger partial charge >= 0.3 is 0 Å². The predicted octanol–water partition coefficient (Wildman–Crippen LogP) is 4.00. The van der Waals surface area contributed by atoms with E-state index in [2.05, 4.69) is 20.2 Å². The summed E-state index contributed by atoms with van der Waals surface area (Å²) in [7, 11) is 0. The quantitative estimate of drug-likeness (QED) is 0.671. The minimum atomic E-state index is -0.318. The van der Waals surface area contributed by atoms with Gasteiger partial charge in [-0.25, -0.2) is 9.37 Å². The molecule has 7 nitrogen and oxygen atoms in total. The predicted molar refractivity (Wildman–Crippen MR) is 114 cm³/mol. The molecule has 0 bridgehead atoms. The molecule has 1 aromatic heterocycles. The van der Waals surface area contributed by atoms with Crippen LogP contribution >= 0.6 is 0 Å². The Labute approximate surface area is 178 Å². The zero-order valence-electron chi connectivity index (χ0n) is 16.8. The topological polar surface area (TPSA) is 85.2 Å². The molecule has 5 rings (SSSR count). The van der Waals surface area contributed by atoms with Crippen LogP contribution in [0.15, 0.2) is 42.5 Å². The van der Waals surface area contributed by atoms with Gasteiger partial charge in [-0.1, -0.05) is 6.42 Å². The summed E-state index contributed by atoms with van der Waals surface area (Å²) in [6, 6.07) is 11.3. The van der Waals surface area contributed by atoms with Gasteiger partial charge in [0.05, 0.1) is 11.4 Å². The van der Waals surface area contributed by atoms with Crippen molar-refractivity contribution in [3.05, 3.63) is 59.7 Å². The molecular formula is C23H21FN4O3. The molecule has 0 spiro atoms. The number of hydrogen-bond acceptors (Lipinski definition) is 4. The molecule has 2 amide bonds. The van der Waals surface area contributed by atoms with Crippen LogP contribution in [0.4, 0.5) is 15.8 Å². The van der Waals surface area contributed by atoms with Gasteiger partial charge < -0.3 is 19.9 Å². The number of fused-ring (bicyclic) bond motifs is 2. The number of aromatic nitrogens is 2. The van der Waals surface area contributed by atoms with Gasteiger partial charge in [-0.15, -0.1) is 0 Å². The van der Waals surface area contributed by atoms with Crippen LogP contribution in [0.2, 0.25) is 0 Å². The summed E-state index contributed by atoms with van der Waals surface area (Å²) in [5, 5.41) is 5.62. The summed E-state index contributed by atoms with van der Waals surface area (Å²) in [4.78, 5) is 29.4. The monoisotopic (exact) mass is 420 g/mol. The Morgan fingerprint density at radius 3 is 2.81 bits per heavy atom. The van der Waals surface area contributed by atoms with Crippen molar-refractivity contribution in [3.8, 4) is 17.1 Å². The molecule has 3 heterocycles. The number of carbonyl (C=O) groups excluding carboxylic acids is 2. The van der Waals surface area contributed by atoms with Crippen LogP contribution in [0.25, 0.3) is 11.4 Å². The van der Waals surface area contributed by atoms with Crippen LogP contribution in [0.5, 0.6) is 5.75 Å². The lowest BCUT2D eigenvalue weighted by atomic mass is 10.1. The van der Waals surface area contributed by atoms with Crippen molar-refractivity contribution < 1.29 is 18.7 Å². The number of rotatable bonds is 3. The normalized spacial score (nSPS) is 15.2. The summed E-state index contributed by atoms with van der Waals surface area (Å²) in [6.45, 7) is 0.746. The molecule has 3 aromatic rings. The zero-order chi connectivity index (χ0) is 21.4.